The molecule has 0 aromatic rings. The first-order chi connectivity index (χ1) is 9.24. The van der Waals surface area contributed by atoms with Crippen LogP contribution < -0.4 is 5.32 Å². The Kier molecular flexibility index (Phi) is 5.53. The first-order valence-corrected chi connectivity index (χ1v) is 7.08. The van der Waals surface area contributed by atoms with E-state index in [1.807, 2.05) is 0 Å². The van der Waals surface area contributed by atoms with Crippen molar-refractivity contribution in [3.63, 3.8) is 0 Å². The number of carbonyl (C=O) groups is 3. The maximum Gasteiger partial charge on any atom is 0.408 e. The van der Waals surface area contributed by atoms with Crippen LogP contribution in [-0.2, 0) is 14.3 Å². The summed E-state index contributed by atoms with van der Waals surface area (Å²) in [5.74, 6) is -0.566. The van der Waals surface area contributed by atoms with Crippen molar-refractivity contribution in [1.82, 2.24) is 10.2 Å². The van der Waals surface area contributed by atoms with Gasteiger partial charge in [-0.05, 0) is 27.2 Å². The van der Waals surface area contributed by atoms with E-state index in [9.17, 15) is 14.4 Å². The molecule has 1 saturated heterocycles. The van der Waals surface area contributed by atoms with E-state index in [2.05, 4.69) is 12.2 Å². The van der Waals surface area contributed by atoms with Crippen molar-refractivity contribution in [2.24, 2.45) is 0 Å². The SMILES string of the molecule is CCCCCN1C(=O)CC(NC(=O)OC(C)(C)C)C1=O. The number of hydrogen-bond acceptors (Lipinski definition) is 4. The second-order valence-corrected chi connectivity index (χ2v) is 5.99. The number of imide groups is 1. The average Bonchev–Trinajstić information content (AvgIpc) is 2.54. The Labute approximate surface area is 119 Å². The summed E-state index contributed by atoms with van der Waals surface area (Å²) < 4.78 is 5.08. The summed E-state index contributed by atoms with van der Waals surface area (Å²) in [4.78, 5) is 36.7. The summed E-state index contributed by atoms with van der Waals surface area (Å²) in [5.41, 5.74) is -0.628. The van der Waals surface area contributed by atoms with Crippen LogP contribution in [0.4, 0.5) is 4.79 Å². The van der Waals surface area contributed by atoms with Gasteiger partial charge in [-0.3, -0.25) is 14.5 Å². The molecule has 6 nitrogen and oxygen atoms in total. The van der Waals surface area contributed by atoms with Crippen molar-refractivity contribution in [2.75, 3.05) is 6.54 Å². The first-order valence-electron chi connectivity index (χ1n) is 7.08. The molecule has 1 rings (SSSR count). The Balaban J connectivity index is 2.51. The highest BCUT2D eigenvalue weighted by molar-refractivity contribution is 6.06. The van der Waals surface area contributed by atoms with Crippen molar-refractivity contribution < 1.29 is 19.1 Å². The van der Waals surface area contributed by atoms with E-state index in [0.29, 0.717) is 6.54 Å². The molecule has 0 saturated carbocycles. The van der Waals surface area contributed by atoms with Gasteiger partial charge in [0.2, 0.25) is 5.91 Å². The fourth-order valence-corrected chi connectivity index (χ4v) is 2.00. The predicted octanol–water partition coefficient (Wildman–Crippen LogP) is 1.83. The molecule has 1 unspecified atom stereocenters. The van der Waals surface area contributed by atoms with Crippen LogP contribution in [0.2, 0.25) is 0 Å². The molecule has 0 bridgehead atoms. The summed E-state index contributed by atoms with van der Waals surface area (Å²) >= 11 is 0. The fraction of sp³-hybridized carbons (Fsp3) is 0.786. The Morgan fingerprint density at radius 2 is 2.00 bits per heavy atom. The van der Waals surface area contributed by atoms with Crippen molar-refractivity contribution in [3.8, 4) is 0 Å². The number of carbonyl (C=O) groups excluding carboxylic acids is 3. The summed E-state index contributed by atoms with van der Waals surface area (Å²) in [5, 5.41) is 2.46. The second-order valence-electron chi connectivity index (χ2n) is 5.99. The van der Waals surface area contributed by atoms with E-state index in [-0.39, 0.29) is 18.2 Å². The largest absolute Gasteiger partial charge is 0.444 e. The third kappa shape index (κ3) is 4.83. The molecule has 0 aromatic carbocycles. The molecule has 1 atom stereocenters. The quantitative estimate of drug-likeness (QED) is 0.617. The average molecular weight is 284 g/mol. The van der Waals surface area contributed by atoms with Crippen molar-refractivity contribution >= 4 is 17.9 Å². The van der Waals surface area contributed by atoms with E-state index in [1.54, 1.807) is 20.8 Å². The molecule has 114 valence electrons. The number of rotatable bonds is 5. The fourth-order valence-electron chi connectivity index (χ4n) is 2.00. The summed E-state index contributed by atoms with van der Waals surface area (Å²) in [6, 6.07) is -0.793. The molecule has 0 spiro atoms. The van der Waals surface area contributed by atoms with Gasteiger partial charge < -0.3 is 10.1 Å². The van der Waals surface area contributed by atoms with Crippen molar-refractivity contribution in [1.29, 1.82) is 0 Å². The van der Waals surface area contributed by atoms with Crippen LogP contribution in [0.25, 0.3) is 0 Å². The van der Waals surface area contributed by atoms with Gasteiger partial charge in [-0.1, -0.05) is 19.8 Å². The number of amides is 3. The smallest absolute Gasteiger partial charge is 0.408 e. The molecule has 1 heterocycles. The molecular weight excluding hydrogens is 260 g/mol. The molecule has 1 aliphatic heterocycles. The molecule has 20 heavy (non-hydrogen) atoms. The zero-order valence-corrected chi connectivity index (χ0v) is 12.7. The maximum absolute atomic E-state index is 12.0. The Morgan fingerprint density at radius 3 is 2.55 bits per heavy atom. The highest BCUT2D eigenvalue weighted by Gasteiger charge is 2.39. The molecule has 1 aliphatic rings. The zero-order valence-electron chi connectivity index (χ0n) is 12.7. The molecule has 6 heteroatoms. The number of alkyl carbamates (subject to hydrolysis) is 1. The third-order valence-corrected chi connectivity index (χ3v) is 2.92. The van der Waals surface area contributed by atoms with Gasteiger partial charge in [-0.2, -0.15) is 0 Å². The molecule has 1 N–H and O–H groups in total. The lowest BCUT2D eigenvalue weighted by Crippen LogP contribution is -2.44. The van der Waals surface area contributed by atoms with E-state index < -0.39 is 17.7 Å². The topological polar surface area (TPSA) is 75.7 Å². The van der Waals surface area contributed by atoms with Crippen LogP contribution in [0.15, 0.2) is 0 Å². The van der Waals surface area contributed by atoms with Crippen molar-refractivity contribution in [3.05, 3.63) is 0 Å². The minimum atomic E-state index is -0.793. The highest BCUT2D eigenvalue weighted by Crippen LogP contribution is 2.15. The first kappa shape index (κ1) is 16.5. The van der Waals surface area contributed by atoms with Crippen molar-refractivity contribution in [2.45, 2.75) is 65.0 Å². The number of nitrogens with zero attached hydrogens (tertiary/aromatic N) is 1. The predicted molar refractivity (Wildman–Crippen MR) is 74.0 cm³/mol. The van der Waals surface area contributed by atoms with Crippen LogP contribution in [0, 0.1) is 0 Å². The Morgan fingerprint density at radius 1 is 1.35 bits per heavy atom. The lowest BCUT2D eigenvalue weighted by atomic mass is 10.2. The van der Waals surface area contributed by atoms with Gasteiger partial charge in [0.1, 0.15) is 11.6 Å². The van der Waals surface area contributed by atoms with Gasteiger partial charge >= 0.3 is 6.09 Å². The number of nitrogens with one attached hydrogen (secondary N) is 1. The minimum absolute atomic E-state index is 0.0181. The van der Waals surface area contributed by atoms with Gasteiger partial charge in [0.15, 0.2) is 0 Å². The van der Waals surface area contributed by atoms with Gasteiger partial charge in [-0.15, -0.1) is 0 Å². The normalized spacial score (nSPS) is 19.4. The van der Waals surface area contributed by atoms with Gasteiger partial charge in [0.05, 0.1) is 6.42 Å². The summed E-state index contributed by atoms with van der Waals surface area (Å²) in [7, 11) is 0. The Hall–Kier alpha value is -1.59. The van der Waals surface area contributed by atoms with Crippen LogP contribution >= 0.6 is 0 Å². The Bertz CT molecular complexity index is 387. The number of ether oxygens (including phenoxy) is 1. The molecule has 3 amide bonds. The zero-order chi connectivity index (χ0) is 15.3. The second kappa shape index (κ2) is 6.72. The number of likely N-dealkylation sites (tertiary alicyclic amines) is 1. The van der Waals surface area contributed by atoms with Gasteiger partial charge in [0, 0.05) is 6.54 Å². The van der Waals surface area contributed by atoms with Crippen LogP contribution in [0.5, 0.6) is 0 Å². The summed E-state index contributed by atoms with van der Waals surface area (Å²) in [6.45, 7) is 7.71. The standard InChI is InChI=1S/C14H24N2O4/c1-5-6-7-8-16-11(17)9-10(12(16)18)15-13(19)20-14(2,3)4/h10H,5-9H2,1-4H3,(H,15,19). The number of unbranched alkanes of at least 4 members (excludes halogenated alkanes) is 2. The molecule has 1 fully saturated rings. The lowest BCUT2D eigenvalue weighted by Gasteiger charge is -2.21. The van der Waals surface area contributed by atoms with E-state index in [0.717, 1.165) is 19.3 Å². The van der Waals surface area contributed by atoms with Crippen LogP contribution in [0.1, 0.15) is 53.4 Å². The van der Waals surface area contributed by atoms with Gasteiger partial charge in [0.25, 0.3) is 5.91 Å². The van der Waals surface area contributed by atoms with Gasteiger partial charge in [-0.25, -0.2) is 4.79 Å². The van der Waals surface area contributed by atoms with E-state index in [1.165, 1.54) is 4.90 Å². The molecule has 0 aliphatic carbocycles. The minimum Gasteiger partial charge on any atom is -0.444 e. The molecular formula is C14H24N2O4. The molecule has 0 aromatic heterocycles. The lowest BCUT2D eigenvalue weighted by molar-refractivity contribution is -0.138. The maximum atomic E-state index is 12.0. The van der Waals surface area contributed by atoms with E-state index in [4.69, 9.17) is 4.74 Å². The van der Waals surface area contributed by atoms with Crippen LogP contribution in [0.3, 0.4) is 0 Å². The third-order valence-electron chi connectivity index (χ3n) is 2.92. The molecule has 0 radical (unpaired) electrons. The summed E-state index contributed by atoms with van der Waals surface area (Å²) in [6.07, 6.45) is 2.15. The monoisotopic (exact) mass is 284 g/mol. The highest BCUT2D eigenvalue weighted by atomic mass is 16.6. The van der Waals surface area contributed by atoms with E-state index >= 15 is 0 Å². The number of hydrogen-bond donors (Lipinski definition) is 1. The van der Waals surface area contributed by atoms with Crippen LogP contribution in [-0.4, -0.2) is 41.0 Å².